The largest absolute Gasteiger partial charge is 0.383 e. The lowest BCUT2D eigenvalue weighted by atomic mass is 9.86. The summed E-state index contributed by atoms with van der Waals surface area (Å²) in [6.07, 6.45) is 7.63. The lowest BCUT2D eigenvalue weighted by molar-refractivity contribution is -0.384. The van der Waals surface area contributed by atoms with E-state index in [9.17, 15) is 14.9 Å². The number of rotatable bonds is 7. The van der Waals surface area contributed by atoms with Gasteiger partial charge in [0, 0.05) is 32.2 Å². The van der Waals surface area contributed by atoms with Crippen molar-refractivity contribution < 1.29 is 14.5 Å². The number of nitro groups is 1. The molecule has 7 nitrogen and oxygen atoms in total. The molecule has 146 valence electrons. The lowest BCUT2D eigenvalue weighted by Gasteiger charge is -2.20. The minimum Gasteiger partial charge on any atom is -0.383 e. The van der Waals surface area contributed by atoms with Crippen molar-refractivity contribution >= 4 is 33.1 Å². The number of carbonyl (C=O) groups is 1. The molecule has 1 aromatic heterocycles. The molecule has 27 heavy (non-hydrogen) atoms. The van der Waals surface area contributed by atoms with E-state index in [4.69, 9.17) is 4.74 Å². The van der Waals surface area contributed by atoms with E-state index in [0.29, 0.717) is 30.3 Å². The molecule has 0 radical (unpaired) electrons. The Morgan fingerprint density at radius 3 is 2.85 bits per heavy atom. The van der Waals surface area contributed by atoms with E-state index in [2.05, 4.69) is 4.99 Å². The van der Waals surface area contributed by atoms with Crippen LogP contribution in [0.25, 0.3) is 10.2 Å². The zero-order chi connectivity index (χ0) is 19.2. The lowest BCUT2D eigenvalue weighted by Crippen LogP contribution is -2.19. The van der Waals surface area contributed by atoms with Crippen LogP contribution < -0.4 is 4.80 Å². The Hall–Kier alpha value is -2.06. The molecule has 1 aliphatic carbocycles. The molecule has 0 N–H and O–H groups in total. The summed E-state index contributed by atoms with van der Waals surface area (Å²) in [6, 6.07) is 4.73. The number of aromatic nitrogens is 1. The molecule has 0 aliphatic heterocycles. The van der Waals surface area contributed by atoms with Crippen LogP contribution >= 0.6 is 11.3 Å². The van der Waals surface area contributed by atoms with Crippen molar-refractivity contribution in [2.24, 2.45) is 10.9 Å². The summed E-state index contributed by atoms with van der Waals surface area (Å²) in [6.45, 7) is 1.02. The summed E-state index contributed by atoms with van der Waals surface area (Å²) in [7, 11) is 1.62. The molecule has 0 unspecified atom stereocenters. The molecule has 1 fully saturated rings. The molecule has 1 amide bonds. The summed E-state index contributed by atoms with van der Waals surface area (Å²) in [5.74, 6) is 0.524. The Morgan fingerprint density at radius 1 is 1.37 bits per heavy atom. The number of hydrogen-bond acceptors (Lipinski definition) is 5. The van der Waals surface area contributed by atoms with E-state index in [1.54, 1.807) is 13.2 Å². The smallest absolute Gasteiger partial charge is 0.270 e. The van der Waals surface area contributed by atoms with E-state index >= 15 is 0 Å². The predicted molar refractivity (Wildman–Crippen MR) is 105 cm³/mol. The maximum absolute atomic E-state index is 12.4. The van der Waals surface area contributed by atoms with Gasteiger partial charge in [-0.15, -0.1) is 0 Å². The SMILES string of the molecule is COCCn1c(=NC(=O)CCC2CCCCC2)sc2cc([N+](=O)[O-])ccc21. The maximum Gasteiger partial charge on any atom is 0.270 e. The summed E-state index contributed by atoms with van der Waals surface area (Å²) in [5, 5.41) is 11.0. The normalized spacial score (nSPS) is 16.1. The molecule has 0 bridgehead atoms. The number of carbonyl (C=O) groups excluding carboxylic acids is 1. The van der Waals surface area contributed by atoms with E-state index in [1.807, 2.05) is 4.57 Å². The molecule has 0 atom stereocenters. The number of nitro benzene ring substituents is 1. The van der Waals surface area contributed by atoms with E-state index in [0.717, 1.165) is 16.6 Å². The highest BCUT2D eigenvalue weighted by molar-refractivity contribution is 7.16. The van der Waals surface area contributed by atoms with E-state index in [-0.39, 0.29) is 11.6 Å². The number of nitrogens with zero attached hydrogens (tertiary/aromatic N) is 3. The Morgan fingerprint density at radius 2 is 2.15 bits per heavy atom. The van der Waals surface area contributed by atoms with Crippen LogP contribution in [-0.4, -0.2) is 29.1 Å². The van der Waals surface area contributed by atoms with Gasteiger partial charge in [-0.3, -0.25) is 14.9 Å². The number of methoxy groups -OCH3 is 1. The van der Waals surface area contributed by atoms with Gasteiger partial charge in [0.05, 0.1) is 21.7 Å². The van der Waals surface area contributed by atoms with Crippen LogP contribution in [0.3, 0.4) is 0 Å². The predicted octanol–water partition coefficient (Wildman–Crippen LogP) is 4.05. The number of hydrogen-bond donors (Lipinski definition) is 0. The summed E-state index contributed by atoms with van der Waals surface area (Å²) in [4.78, 5) is 27.9. The van der Waals surface area contributed by atoms with Gasteiger partial charge in [-0.2, -0.15) is 4.99 Å². The third-order valence-corrected chi connectivity index (χ3v) is 6.15. The topological polar surface area (TPSA) is 86.7 Å². The fraction of sp³-hybridized carbons (Fsp3) is 0.579. The second-order valence-corrected chi connectivity index (χ2v) is 8.00. The van der Waals surface area contributed by atoms with Gasteiger partial charge in [-0.05, 0) is 18.4 Å². The zero-order valence-electron chi connectivity index (χ0n) is 15.6. The first kappa shape index (κ1) is 19.7. The van der Waals surface area contributed by atoms with Crippen LogP contribution in [0.15, 0.2) is 23.2 Å². The minimum absolute atomic E-state index is 0.0396. The van der Waals surface area contributed by atoms with Crippen molar-refractivity contribution in [3.8, 4) is 0 Å². The molecule has 0 spiro atoms. The van der Waals surface area contributed by atoms with Crippen LogP contribution in [0, 0.1) is 16.0 Å². The monoisotopic (exact) mass is 391 g/mol. The summed E-state index contributed by atoms with van der Waals surface area (Å²) < 4.78 is 7.82. The van der Waals surface area contributed by atoms with Gasteiger partial charge in [-0.25, -0.2) is 0 Å². The Labute approximate surface area is 161 Å². The highest BCUT2D eigenvalue weighted by Crippen LogP contribution is 2.27. The van der Waals surface area contributed by atoms with Crippen molar-refractivity contribution in [3.05, 3.63) is 33.1 Å². The third kappa shape index (κ3) is 5.01. The van der Waals surface area contributed by atoms with Crippen molar-refractivity contribution in [3.63, 3.8) is 0 Å². The molecule has 3 rings (SSSR count). The number of non-ortho nitro benzene ring substituents is 1. The number of ether oxygens (including phenoxy) is 1. The molecule has 1 saturated carbocycles. The molecule has 1 aliphatic rings. The Kier molecular flexibility index (Phi) is 6.73. The fourth-order valence-corrected chi connectivity index (χ4v) is 4.73. The van der Waals surface area contributed by atoms with E-state index in [1.165, 1.54) is 55.6 Å². The fourth-order valence-electron chi connectivity index (χ4n) is 3.63. The van der Waals surface area contributed by atoms with Crippen molar-refractivity contribution in [2.45, 2.75) is 51.5 Å². The van der Waals surface area contributed by atoms with E-state index < -0.39 is 4.92 Å². The molecule has 0 saturated heterocycles. The standard InChI is InChI=1S/C19H25N3O4S/c1-26-12-11-21-16-9-8-15(22(24)25)13-17(16)27-19(21)20-18(23)10-7-14-5-3-2-4-6-14/h8-9,13-14H,2-7,10-12H2,1H3. The molecule has 2 aromatic rings. The third-order valence-electron chi connectivity index (χ3n) is 5.11. The molecule has 8 heteroatoms. The first-order valence-electron chi connectivity index (χ1n) is 9.43. The van der Waals surface area contributed by atoms with Gasteiger partial charge in [0.1, 0.15) is 0 Å². The van der Waals surface area contributed by atoms with Gasteiger partial charge < -0.3 is 9.30 Å². The number of thiazole rings is 1. The minimum atomic E-state index is -0.412. The Balaban J connectivity index is 1.84. The number of benzene rings is 1. The second-order valence-electron chi connectivity index (χ2n) is 6.99. The second kappa shape index (κ2) is 9.23. The van der Waals surface area contributed by atoms with Gasteiger partial charge in [-0.1, -0.05) is 43.4 Å². The highest BCUT2D eigenvalue weighted by Gasteiger charge is 2.16. The van der Waals surface area contributed by atoms with Crippen LogP contribution in [0.4, 0.5) is 5.69 Å². The highest BCUT2D eigenvalue weighted by atomic mass is 32.1. The maximum atomic E-state index is 12.4. The number of amides is 1. The van der Waals surface area contributed by atoms with Gasteiger partial charge in [0.25, 0.3) is 5.69 Å². The van der Waals surface area contributed by atoms with Gasteiger partial charge in [0.2, 0.25) is 5.91 Å². The van der Waals surface area contributed by atoms with Gasteiger partial charge >= 0.3 is 0 Å². The van der Waals surface area contributed by atoms with Crippen LogP contribution in [0.5, 0.6) is 0 Å². The number of fused-ring (bicyclic) bond motifs is 1. The molecular weight excluding hydrogens is 366 g/mol. The summed E-state index contributed by atoms with van der Waals surface area (Å²) in [5.41, 5.74) is 0.874. The quantitative estimate of drug-likeness (QED) is 0.526. The Bertz CT molecular complexity index is 881. The average Bonchev–Trinajstić information content (AvgIpc) is 3.01. The van der Waals surface area contributed by atoms with Crippen LogP contribution in [0.2, 0.25) is 0 Å². The van der Waals surface area contributed by atoms with Crippen molar-refractivity contribution in [1.82, 2.24) is 4.57 Å². The average molecular weight is 391 g/mol. The first-order valence-corrected chi connectivity index (χ1v) is 10.2. The van der Waals surface area contributed by atoms with Gasteiger partial charge in [0.15, 0.2) is 4.80 Å². The van der Waals surface area contributed by atoms with Crippen LogP contribution in [-0.2, 0) is 16.1 Å². The molecule has 1 heterocycles. The summed E-state index contributed by atoms with van der Waals surface area (Å²) >= 11 is 1.31. The van der Waals surface area contributed by atoms with Crippen LogP contribution in [0.1, 0.15) is 44.9 Å². The first-order chi connectivity index (χ1) is 13.1. The van der Waals surface area contributed by atoms with Crippen molar-refractivity contribution in [1.29, 1.82) is 0 Å². The molecular formula is C19H25N3O4S. The zero-order valence-corrected chi connectivity index (χ0v) is 16.4. The van der Waals surface area contributed by atoms with Crippen molar-refractivity contribution in [2.75, 3.05) is 13.7 Å². The molecule has 1 aromatic carbocycles.